The third-order valence-corrected chi connectivity index (χ3v) is 4.82. The fraction of sp³-hybridized carbons (Fsp3) is 0.600. The van der Waals surface area contributed by atoms with Crippen LogP contribution in [0.3, 0.4) is 0 Å². The Balaban J connectivity index is 2.02. The van der Waals surface area contributed by atoms with Crippen LogP contribution in [0.25, 0.3) is 0 Å². The molecule has 3 rings (SSSR count). The molecule has 5 heteroatoms. The second-order valence-corrected chi connectivity index (χ2v) is 5.38. The van der Waals surface area contributed by atoms with Gasteiger partial charge < -0.3 is 0 Å². The third kappa shape index (κ3) is 1.22. The molecule has 15 heavy (non-hydrogen) atoms. The lowest BCUT2D eigenvalue weighted by Gasteiger charge is -2.23. The van der Waals surface area contributed by atoms with Gasteiger partial charge in [-0.15, -0.1) is 0 Å². The standard InChI is InChI=1S/C10H8F4S/c11-9-7(10(12,13)14)6-4-1-2-5(3-4)8(6)15-9/h1-2,4-6,8H,3H2. The number of thioether (sulfide) groups is 1. The normalized spacial score (nSPS) is 42.9. The maximum atomic E-state index is 13.3. The highest BCUT2D eigenvalue weighted by molar-refractivity contribution is 8.03. The molecule has 0 saturated heterocycles. The fourth-order valence-electron chi connectivity index (χ4n) is 2.93. The first-order chi connectivity index (χ1) is 6.98. The summed E-state index contributed by atoms with van der Waals surface area (Å²) in [5.41, 5.74) is -0.908. The molecule has 0 nitrogen and oxygen atoms in total. The van der Waals surface area contributed by atoms with Gasteiger partial charge in [0.25, 0.3) is 0 Å². The monoisotopic (exact) mass is 236 g/mol. The Morgan fingerprint density at radius 3 is 2.53 bits per heavy atom. The van der Waals surface area contributed by atoms with E-state index in [1.54, 1.807) is 0 Å². The van der Waals surface area contributed by atoms with Gasteiger partial charge in [0, 0.05) is 11.2 Å². The lowest BCUT2D eigenvalue weighted by molar-refractivity contribution is -0.101. The molecular weight excluding hydrogens is 228 g/mol. The summed E-state index contributed by atoms with van der Waals surface area (Å²) >= 11 is 0.776. The zero-order valence-corrected chi connectivity index (χ0v) is 8.41. The zero-order valence-electron chi connectivity index (χ0n) is 7.59. The summed E-state index contributed by atoms with van der Waals surface area (Å²) in [5, 5.41) is -1.22. The zero-order chi connectivity index (χ0) is 10.8. The highest BCUT2D eigenvalue weighted by atomic mass is 32.2. The molecule has 4 atom stereocenters. The van der Waals surface area contributed by atoms with E-state index in [4.69, 9.17) is 0 Å². The number of fused-ring (bicyclic) bond motifs is 5. The van der Waals surface area contributed by atoms with Crippen molar-refractivity contribution in [1.29, 1.82) is 0 Å². The van der Waals surface area contributed by atoms with Gasteiger partial charge >= 0.3 is 6.18 Å². The summed E-state index contributed by atoms with van der Waals surface area (Å²) in [6, 6.07) is 0. The molecule has 1 fully saturated rings. The number of allylic oxidation sites excluding steroid dienone is 3. The summed E-state index contributed by atoms with van der Waals surface area (Å²) in [6.45, 7) is 0. The van der Waals surface area contributed by atoms with E-state index in [9.17, 15) is 17.6 Å². The van der Waals surface area contributed by atoms with Crippen molar-refractivity contribution in [3.8, 4) is 0 Å². The van der Waals surface area contributed by atoms with E-state index in [0.29, 0.717) is 0 Å². The first kappa shape index (κ1) is 9.75. The van der Waals surface area contributed by atoms with Crippen molar-refractivity contribution in [2.24, 2.45) is 17.8 Å². The third-order valence-electron chi connectivity index (χ3n) is 3.48. The molecule has 1 aliphatic heterocycles. The van der Waals surface area contributed by atoms with E-state index in [0.717, 1.165) is 18.2 Å². The average Bonchev–Trinajstić information content (AvgIpc) is 2.68. The lowest BCUT2D eigenvalue weighted by Crippen LogP contribution is -2.26. The molecule has 0 N–H and O–H groups in total. The minimum absolute atomic E-state index is 0.0997. The smallest absolute Gasteiger partial charge is 0.199 e. The predicted molar refractivity (Wildman–Crippen MR) is 49.8 cm³/mol. The minimum atomic E-state index is -4.51. The largest absolute Gasteiger partial charge is 0.416 e. The van der Waals surface area contributed by atoms with Crippen LogP contribution in [0.1, 0.15) is 6.42 Å². The Morgan fingerprint density at radius 1 is 1.20 bits per heavy atom. The Kier molecular flexibility index (Phi) is 1.83. The van der Waals surface area contributed by atoms with Gasteiger partial charge in [0.05, 0.1) is 5.57 Å². The summed E-state index contributed by atoms with van der Waals surface area (Å²) in [7, 11) is 0. The van der Waals surface area contributed by atoms with Crippen LogP contribution >= 0.6 is 11.8 Å². The molecule has 2 bridgehead atoms. The molecule has 3 aliphatic rings. The van der Waals surface area contributed by atoms with Gasteiger partial charge in [-0.2, -0.15) is 17.6 Å². The molecule has 4 unspecified atom stereocenters. The second kappa shape index (κ2) is 2.81. The lowest BCUT2D eigenvalue weighted by atomic mass is 9.86. The number of hydrogen-bond acceptors (Lipinski definition) is 1. The Morgan fingerprint density at radius 2 is 1.87 bits per heavy atom. The van der Waals surface area contributed by atoms with Crippen LogP contribution in [0.15, 0.2) is 22.9 Å². The number of halogens is 4. The van der Waals surface area contributed by atoms with E-state index in [1.807, 2.05) is 12.2 Å². The van der Waals surface area contributed by atoms with Gasteiger partial charge in [-0.1, -0.05) is 23.9 Å². The number of alkyl halides is 3. The van der Waals surface area contributed by atoms with Crippen molar-refractivity contribution < 1.29 is 17.6 Å². The molecule has 0 spiro atoms. The molecule has 1 heterocycles. The molecule has 0 amide bonds. The second-order valence-electron chi connectivity index (χ2n) is 4.24. The minimum Gasteiger partial charge on any atom is -0.199 e. The molecule has 1 saturated carbocycles. The molecule has 82 valence electrons. The molecule has 0 aromatic rings. The van der Waals surface area contributed by atoms with Crippen LogP contribution < -0.4 is 0 Å². The van der Waals surface area contributed by atoms with E-state index >= 15 is 0 Å². The molecular formula is C10H8F4S. The van der Waals surface area contributed by atoms with Crippen LogP contribution in [-0.4, -0.2) is 11.4 Å². The van der Waals surface area contributed by atoms with Crippen molar-refractivity contribution in [1.82, 2.24) is 0 Å². The van der Waals surface area contributed by atoms with Crippen molar-refractivity contribution >= 4 is 11.8 Å². The van der Waals surface area contributed by atoms with Crippen LogP contribution in [0.5, 0.6) is 0 Å². The molecule has 0 aromatic carbocycles. The van der Waals surface area contributed by atoms with Crippen molar-refractivity contribution in [3.63, 3.8) is 0 Å². The van der Waals surface area contributed by atoms with E-state index in [-0.39, 0.29) is 17.1 Å². The summed E-state index contributed by atoms with van der Waals surface area (Å²) < 4.78 is 51.2. The highest BCUT2D eigenvalue weighted by Crippen LogP contribution is 2.62. The fourth-order valence-corrected chi connectivity index (χ4v) is 4.41. The maximum Gasteiger partial charge on any atom is 0.416 e. The topological polar surface area (TPSA) is 0 Å². The summed E-state index contributed by atoms with van der Waals surface area (Å²) in [5.74, 6) is -0.599. The Labute approximate surface area is 88.4 Å². The van der Waals surface area contributed by atoms with Gasteiger partial charge in [-0.3, -0.25) is 0 Å². The van der Waals surface area contributed by atoms with E-state index < -0.39 is 22.8 Å². The Bertz CT molecular complexity index is 368. The van der Waals surface area contributed by atoms with Crippen LogP contribution in [0.4, 0.5) is 17.6 Å². The maximum absolute atomic E-state index is 13.3. The van der Waals surface area contributed by atoms with Gasteiger partial charge in [-0.25, -0.2) is 0 Å². The van der Waals surface area contributed by atoms with Crippen molar-refractivity contribution in [2.75, 3.05) is 0 Å². The SMILES string of the molecule is FC1=C(C(F)(F)F)C2C3C=CC(C3)C2S1. The average molecular weight is 236 g/mol. The molecule has 0 aromatic heterocycles. The quantitative estimate of drug-likeness (QED) is 0.457. The van der Waals surface area contributed by atoms with Gasteiger partial charge in [-0.05, 0) is 18.3 Å². The van der Waals surface area contributed by atoms with Crippen molar-refractivity contribution in [3.05, 3.63) is 22.9 Å². The van der Waals surface area contributed by atoms with Crippen LogP contribution in [-0.2, 0) is 0 Å². The van der Waals surface area contributed by atoms with E-state index in [1.165, 1.54) is 0 Å². The van der Waals surface area contributed by atoms with Crippen LogP contribution in [0, 0.1) is 17.8 Å². The first-order valence-corrected chi connectivity index (χ1v) is 5.68. The van der Waals surface area contributed by atoms with Crippen molar-refractivity contribution in [2.45, 2.75) is 17.8 Å². The Hall–Kier alpha value is -0.450. The summed E-state index contributed by atoms with van der Waals surface area (Å²) in [4.78, 5) is 0. The molecule has 0 radical (unpaired) electrons. The van der Waals surface area contributed by atoms with Crippen LogP contribution in [0.2, 0.25) is 0 Å². The number of hydrogen-bond donors (Lipinski definition) is 0. The summed E-state index contributed by atoms with van der Waals surface area (Å²) in [6.07, 6.45) is 0.00613. The van der Waals surface area contributed by atoms with Gasteiger partial charge in [0.15, 0.2) is 5.16 Å². The number of rotatable bonds is 0. The van der Waals surface area contributed by atoms with Gasteiger partial charge in [0.1, 0.15) is 0 Å². The van der Waals surface area contributed by atoms with E-state index in [2.05, 4.69) is 0 Å². The highest BCUT2D eigenvalue weighted by Gasteiger charge is 2.58. The predicted octanol–water partition coefficient (Wildman–Crippen LogP) is 3.67. The first-order valence-electron chi connectivity index (χ1n) is 4.80. The molecule has 2 aliphatic carbocycles. The van der Waals surface area contributed by atoms with Gasteiger partial charge in [0.2, 0.25) is 0 Å².